The molecule has 0 saturated heterocycles. The highest BCUT2D eigenvalue weighted by molar-refractivity contribution is 6.11. The van der Waals surface area contributed by atoms with E-state index in [9.17, 15) is 0 Å². The third-order valence-corrected chi connectivity index (χ3v) is 11.8. The molecule has 0 amide bonds. The lowest BCUT2D eigenvalue weighted by atomic mass is 9.68. The molecule has 0 saturated carbocycles. The maximum atomic E-state index is 5.23. The third-order valence-electron chi connectivity index (χ3n) is 11.8. The molecule has 1 unspecified atom stereocenters. The molecular weight excluding hydrogens is 641 g/mol. The largest absolute Gasteiger partial charge is 0.309 e. The Bertz CT molecular complexity index is 2980. The minimum Gasteiger partial charge on any atom is -0.309 e. The number of benzene rings is 6. The van der Waals surface area contributed by atoms with Crippen LogP contribution < -0.4 is 10.6 Å². The summed E-state index contributed by atoms with van der Waals surface area (Å²) in [6.07, 6.45) is 9.69. The molecule has 53 heavy (non-hydrogen) atoms. The molecule has 0 N–H and O–H groups in total. The molecule has 0 fully saturated rings. The number of allylic oxidation sites excluding steroid dienone is 10. The SMILES string of the molecule is CC1(C)C2=C(C=C3N=c4ccccc4=C31)C(c1ccc3c(c1)c1ccccc1n3-c1ccccc1)=C1C=CC(c3ccc(-c4ccccc4)cc3)C=C12. The van der Waals surface area contributed by atoms with Crippen molar-refractivity contribution in [2.24, 2.45) is 10.4 Å². The van der Waals surface area contributed by atoms with Crippen molar-refractivity contribution < 1.29 is 0 Å². The van der Waals surface area contributed by atoms with Gasteiger partial charge in [-0.25, -0.2) is 4.99 Å². The smallest absolute Gasteiger partial charge is 0.0713 e. The highest BCUT2D eigenvalue weighted by Gasteiger charge is 2.44. The first-order chi connectivity index (χ1) is 26.0. The van der Waals surface area contributed by atoms with Gasteiger partial charge in [0.15, 0.2) is 0 Å². The van der Waals surface area contributed by atoms with Crippen LogP contribution in [0.15, 0.2) is 209 Å². The van der Waals surface area contributed by atoms with E-state index >= 15 is 0 Å². The zero-order valence-electron chi connectivity index (χ0n) is 29.7. The summed E-state index contributed by atoms with van der Waals surface area (Å²) in [6, 6.07) is 55.0. The van der Waals surface area contributed by atoms with Gasteiger partial charge in [0.05, 0.1) is 22.1 Å². The van der Waals surface area contributed by atoms with E-state index in [-0.39, 0.29) is 11.3 Å². The Kier molecular flexibility index (Phi) is 6.40. The second-order valence-electron chi connectivity index (χ2n) is 15.1. The van der Waals surface area contributed by atoms with Crippen LogP contribution in [0.3, 0.4) is 0 Å². The van der Waals surface area contributed by atoms with Crippen LogP contribution in [0.2, 0.25) is 0 Å². The van der Waals surface area contributed by atoms with Crippen molar-refractivity contribution in [3.8, 4) is 16.8 Å². The van der Waals surface area contributed by atoms with E-state index in [0.717, 1.165) is 11.1 Å². The summed E-state index contributed by atoms with van der Waals surface area (Å²) in [5, 5.41) is 4.84. The lowest BCUT2D eigenvalue weighted by Crippen LogP contribution is -2.30. The summed E-state index contributed by atoms with van der Waals surface area (Å²) in [7, 11) is 0. The summed E-state index contributed by atoms with van der Waals surface area (Å²) in [6.45, 7) is 4.81. The molecule has 1 aromatic heterocycles. The number of rotatable bonds is 4. The van der Waals surface area contributed by atoms with Gasteiger partial charge in [0.25, 0.3) is 0 Å². The molecule has 2 heterocycles. The van der Waals surface area contributed by atoms with Crippen molar-refractivity contribution in [3.63, 3.8) is 0 Å². The fraction of sp³-hybridized carbons (Fsp3) is 0.0784. The van der Waals surface area contributed by atoms with Crippen LogP contribution >= 0.6 is 0 Å². The number of aromatic nitrogens is 1. The van der Waals surface area contributed by atoms with Crippen LogP contribution in [0.4, 0.5) is 0 Å². The Morgan fingerprint density at radius 1 is 0.585 bits per heavy atom. The van der Waals surface area contributed by atoms with Gasteiger partial charge in [-0.05, 0) is 98.2 Å². The second-order valence-corrected chi connectivity index (χ2v) is 15.1. The number of hydrogen-bond donors (Lipinski definition) is 0. The van der Waals surface area contributed by atoms with Crippen molar-refractivity contribution in [3.05, 3.63) is 226 Å². The molecule has 2 nitrogen and oxygen atoms in total. The molecule has 11 rings (SSSR count). The minimum absolute atomic E-state index is 0.171. The summed E-state index contributed by atoms with van der Waals surface area (Å²) in [5.41, 5.74) is 17.4. The Labute approximate surface area is 309 Å². The minimum atomic E-state index is -0.255. The van der Waals surface area contributed by atoms with Gasteiger partial charge in [0.1, 0.15) is 0 Å². The first-order valence-corrected chi connectivity index (χ1v) is 18.6. The van der Waals surface area contributed by atoms with Crippen LogP contribution in [-0.4, -0.2) is 4.57 Å². The van der Waals surface area contributed by atoms with E-state index in [2.05, 4.69) is 194 Å². The average molecular weight is 677 g/mol. The van der Waals surface area contributed by atoms with E-state index < -0.39 is 0 Å². The monoisotopic (exact) mass is 676 g/mol. The van der Waals surface area contributed by atoms with Crippen LogP contribution in [0.5, 0.6) is 0 Å². The highest BCUT2D eigenvalue weighted by Crippen LogP contribution is 2.59. The fourth-order valence-electron chi connectivity index (χ4n) is 9.44. The van der Waals surface area contributed by atoms with Crippen LogP contribution in [0, 0.1) is 5.41 Å². The van der Waals surface area contributed by atoms with Gasteiger partial charge in [0.2, 0.25) is 0 Å². The summed E-state index contributed by atoms with van der Waals surface area (Å²) in [4.78, 5) is 5.23. The van der Waals surface area contributed by atoms with Gasteiger partial charge in [-0.2, -0.15) is 0 Å². The predicted molar refractivity (Wildman–Crippen MR) is 219 cm³/mol. The van der Waals surface area contributed by atoms with Crippen molar-refractivity contribution in [2.45, 2.75) is 19.8 Å². The highest BCUT2D eigenvalue weighted by atomic mass is 15.0. The van der Waals surface area contributed by atoms with E-state index in [1.807, 2.05) is 0 Å². The van der Waals surface area contributed by atoms with Gasteiger partial charge in [0, 0.05) is 33.0 Å². The molecule has 4 aliphatic rings. The topological polar surface area (TPSA) is 17.3 Å². The Morgan fingerprint density at radius 2 is 1.26 bits per heavy atom. The maximum Gasteiger partial charge on any atom is 0.0713 e. The van der Waals surface area contributed by atoms with Crippen LogP contribution in [0.25, 0.3) is 49.8 Å². The van der Waals surface area contributed by atoms with E-state index in [0.29, 0.717) is 0 Å². The van der Waals surface area contributed by atoms with E-state index in [4.69, 9.17) is 4.99 Å². The molecule has 1 atom stereocenters. The lowest BCUT2D eigenvalue weighted by molar-refractivity contribution is 0.601. The maximum absolute atomic E-state index is 5.23. The van der Waals surface area contributed by atoms with Gasteiger partial charge < -0.3 is 4.57 Å². The van der Waals surface area contributed by atoms with Crippen LogP contribution in [-0.2, 0) is 0 Å². The van der Waals surface area contributed by atoms with Crippen molar-refractivity contribution in [1.29, 1.82) is 0 Å². The quantitative estimate of drug-likeness (QED) is 0.177. The Balaban J connectivity index is 1.12. The van der Waals surface area contributed by atoms with Gasteiger partial charge in [-0.1, -0.05) is 147 Å². The molecule has 0 bridgehead atoms. The molecule has 0 radical (unpaired) electrons. The summed E-state index contributed by atoms with van der Waals surface area (Å²) < 4.78 is 2.40. The van der Waals surface area contributed by atoms with Gasteiger partial charge >= 0.3 is 0 Å². The summed E-state index contributed by atoms with van der Waals surface area (Å²) >= 11 is 0. The number of nitrogens with zero attached hydrogens (tertiary/aromatic N) is 2. The van der Waals surface area contributed by atoms with E-state index in [1.54, 1.807) is 0 Å². The number of fused-ring (bicyclic) bond motifs is 7. The van der Waals surface area contributed by atoms with E-state index in [1.165, 1.54) is 88.4 Å². The molecular formula is C51H36N2. The molecule has 250 valence electrons. The predicted octanol–water partition coefficient (Wildman–Crippen LogP) is 11.2. The first-order valence-electron chi connectivity index (χ1n) is 18.6. The summed E-state index contributed by atoms with van der Waals surface area (Å²) in [5.74, 6) is 0.171. The lowest BCUT2D eigenvalue weighted by Gasteiger charge is -2.35. The van der Waals surface area contributed by atoms with Gasteiger partial charge in [-0.3, -0.25) is 0 Å². The average Bonchev–Trinajstić information content (AvgIpc) is 3.86. The fourth-order valence-corrected chi connectivity index (χ4v) is 9.44. The molecule has 6 aromatic carbocycles. The Morgan fingerprint density at radius 3 is 2.09 bits per heavy atom. The zero-order chi connectivity index (χ0) is 35.3. The zero-order valence-corrected chi connectivity index (χ0v) is 29.7. The molecule has 1 aliphatic heterocycles. The van der Waals surface area contributed by atoms with Crippen molar-refractivity contribution in [1.82, 2.24) is 4.57 Å². The van der Waals surface area contributed by atoms with Crippen LogP contribution in [0.1, 0.15) is 30.9 Å². The molecule has 2 heteroatoms. The van der Waals surface area contributed by atoms with Gasteiger partial charge in [-0.15, -0.1) is 0 Å². The normalized spacial score (nSPS) is 18.1. The molecule has 3 aliphatic carbocycles. The first kappa shape index (κ1) is 30.1. The van der Waals surface area contributed by atoms with Crippen molar-refractivity contribution in [2.75, 3.05) is 0 Å². The number of hydrogen-bond acceptors (Lipinski definition) is 1. The molecule has 7 aromatic rings. The van der Waals surface area contributed by atoms with Crippen molar-refractivity contribution >= 4 is 33.0 Å². The third kappa shape index (κ3) is 4.42. The Hall–Kier alpha value is -6.51. The standard InChI is InChI=1S/C51H36N2/c1-51(2)49-42-29-35(34-23-21-33(22-24-34)32-13-5-3-6-14-32)25-27-39(42)48(43(49)31-45-50(51)40-18-9-11-19-44(40)52-45)36-26-28-47-41(30-36)38-17-10-12-20-46(38)53(47)37-15-7-4-8-16-37/h3-31,35H,1-2H3. The number of para-hydroxylation sites is 3. The second kappa shape index (κ2) is 11.2. The molecule has 0 spiro atoms.